The molecule has 0 radical (unpaired) electrons. The molecule has 17 heavy (non-hydrogen) atoms. The Balaban J connectivity index is 2.30. The first kappa shape index (κ1) is 11.7. The van der Waals surface area contributed by atoms with Crippen LogP contribution in [0.1, 0.15) is 31.4 Å². The highest BCUT2D eigenvalue weighted by molar-refractivity contribution is 5.52. The number of rotatable bonds is 3. The summed E-state index contributed by atoms with van der Waals surface area (Å²) in [4.78, 5) is 8.43. The van der Waals surface area contributed by atoms with Crippen molar-refractivity contribution >= 4 is 0 Å². The second-order valence-corrected chi connectivity index (χ2v) is 4.41. The number of nitrogens with two attached hydrogens (primary N) is 1. The Hall–Kier alpha value is -1.75. The summed E-state index contributed by atoms with van der Waals surface area (Å²) in [6, 6.07) is 3.54. The highest BCUT2D eigenvalue weighted by Gasteiger charge is 2.18. The Kier molecular flexibility index (Phi) is 3.19. The van der Waals surface area contributed by atoms with E-state index in [1.807, 2.05) is 32.9 Å². The fraction of sp³-hybridized carbons (Fsp3) is 0.417. The number of hydrogen-bond acceptors (Lipinski definition) is 5. The van der Waals surface area contributed by atoms with Crippen LogP contribution in [0.25, 0.3) is 11.5 Å². The van der Waals surface area contributed by atoms with E-state index in [4.69, 9.17) is 10.3 Å². The minimum atomic E-state index is -0.199. The SMILES string of the molecule is Cc1cc(-c2nc(C(N)C(C)C)no2)ccn1. The van der Waals surface area contributed by atoms with Crippen LogP contribution in [0.5, 0.6) is 0 Å². The molecule has 2 rings (SSSR count). The third-order valence-electron chi connectivity index (χ3n) is 2.60. The summed E-state index contributed by atoms with van der Waals surface area (Å²) in [7, 11) is 0. The molecule has 0 spiro atoms. The van der Waals surface area contributed by atoms with E-state index in [-0.39, 0.29) is 12.0 Å². The van der Waals surface area contributed by atoms with Gasteiger partial charge in [-0.3, -0.25) is 4.98 Å². The number of hydrogen-bond donors (Lipinski definition) is 1. The smallest absolute Gasteiger partial charge is 0.258 e. The largest absolute Gasteiger partial charge is 0.334 e. The van der Waals surface area contributed by atoms with Crippen molar-refractivity contribution in [2.24, 2.45) is 11.7 Å². The van der Waals surface area contributed by atoms with Crippen molar-refractivity contribution in [1.29, 1.82) is 0 Å². The standard InChI is InChI=1S/C12H16N4O/c1-7(2)10(13)11-15-12(17-16-11)9-4-5-14-8(3)6-9/h4-7,10H,13H2,1-3H3. The van der Waals surface area contributed by atoms with Crippen molar-refractivity contribution < 1.29 is 4.52 Å². The monoisotopic (exact) mass is 232 g/mol. The summed E-state index contributed by atoms with van der Waals surface area (Å²) in [6.45, 7) is 5.97. The first-order valence-electron chi connectivity index (χ1n) is 5.60. The molecule has 5 heteroatoms. The summed E-state index contributed by atoms with van der Waals surface area (Å²) < 4.78 is 5.21. The van der Waals surface area contributed by atoms with Crippen LogP contribution in [0.4, 0.5) is 0 Å². The zero-order valence-corrected chi connectivity index (χ0v) is 10.2. The molecule has 1 atom stereocenters. The van der Waals surface area contributed by atoms with Crippen LogP contribution in [-0.4, -0.2) is 15.1 Å². The summed E-state index contributed by atoms with van der Waals surface area (Å²) in [6.07, 6.45) is 1.72. The van der Waals surface area contributed by atoms with Gasteiger partial charge in [0.25, 0.3) is 5.89 Å². The van der Waals surface area contributed by atoms with Crippen LogP contribution in [0.15, 0.2) is 22.9 Å². The van der Waals surface area contributed by atoms with Gasteiger partial charge in [-0.2, -0.15) is 4.98 Å². The molecule has 0 fully saturated rings. The maximum absolute atomic E-state index is 5.96. The Morgan fingerprint density at radius 2 is 2.12 bits per heavy atom. The predicted octanol–water partition coefficient (Wildman–Crippen LogP) is 2.10. The molecule has 0 saturated heterocycles. The Morgan fingerprint density at radius 3 is 2.76 bits per heavy atom. The van der Waals surface area contributed by atoms with E-state index in [0.29, 0.717) is 11.7 Å². The van der Waals surface area contributed by atoms with Crippen molar-refractivity contribution in [3.63, 3.8) is 0 Å². The Labute approximate surface area is 100 Å². The highest BCUT2D eigenvalue weighted by Crippen LogP contribution is 2.21. The van der Waals surface area contributed by atoms with Gasteiger partial charge in [-0.1, -0.05) is 19.0 Å². The molecule has 2 heterocycles. The lowest BCUT2D eigenvalue weighted by Gasteiger charge is -2.09. The molecule has 0 aromatic carbocycles. The van der Waals surface area contributed by atoms with Gasteiger partial charge in [-0.25, -0.2) is 0 Å². The molecule has 0 aliphatic heterocycles. The van der Waals surface area contributed by atoms with Gasteiger partial charge in [0.15, 0.2) is 5.82 Å². The normalized spacial score (nSPS) is 13.0. The molecule has 0 aliphatic rings. The molecule has 90 valence electrons. The number of aryl methyl sites for hydroxylation is 1. The van der Waals surface area contributed by atoms with E-state index in [0.717, 1.165) is 11.3 Å². The van der Waals surface area contributed by atoms with Gasteiger partial charge < -0.3 is 10.3 Å². The molecule has 2 aromatic rings. The first-order valence-corrected chi connectivity index (χ1v) is 5.60. The summed E-state index contributed by atoms with van der Waals surface area (Å²) in [5.74, 6) is 1.31. The van der Waals surface area contributed by atoms with Gasteiger partial charge in [0.2, 0.25) is 0 Å². The van der Waals surface area contributed by atoms with Crippen molar-refractivity contribution in [2.75, 3.05) is 0 Å². The van der Waals surface area contributed by atoms with E-state index < -0.39 is 0 Å². The Bertz CT molecular complexity index is 507. The van der Waals surface area contributed by atoms with Crippen molar-refractivity contribution in [2.45, 2.75) is 26.8 Å². The molecule has 2 aromatic heterocycles. The van der Waals surface area contributed by atoms with Gasteiger partial charge in [-0.15, -0.1) is 0 Å². The molecule has 0 aliphatic carbocycles. The molecule has 2 N–H and O–H groups in total. The lowest BCUT2D eigenvalue weighted by molar-refractivity contribution is 0.400. The zero-order chi connectivity index (χ0) is 12.4. The topological polar surface area (TPSA) is 77.8 Å². The molecule has 1 unspecified atom stereocenters. The lowest BCUT2D eigenvalue weighted by Crippen LogP contribution is -2.18. The van der Waals surface area contributed by atoms with E-state index in [2.05, 4.69) is 15.1 Å². The van der Waals surface area contributed by atoms with E-state index in [1.165, 1.54) is 0 Å². The molecule has 0 amide bonds. The molecule has 5 nitrogen and oxygen atoms in total. The van der Waals surface area contributed by atoms with Crippen molar-refractivity contribution in [3.05, 3.63) is 29.8 Å². The maximum atomic E-state index is 5.96. The average molecular weight is 232 g/mol. The first-order chi connectivity index (χ1) is 8.08. The van der Waals surface area contributed by atoms with Gasteiger partial charge >= 0.3 is 0 Å². The van der Waals surface area contributed by atoms with Gasteiger partial charge in [0.05, 0.1) is 6.04 Å². The van der Waals surface area contributed by atoms with Crippen LogP contribution in [0.2, 0.25) is 0 Å². The number of aromatic nitrogens is 3. The number of nitrogens with zero attached hydrogens (tertiary/aromatic N) is 3. The minimum absolute atomic E-state index is 0.199. The molecule has 0 bridgehead atoms. The fourth-order valence-electron chi connectivity index (χ4n) is 1.46. The highest BCUT2D eigenvalue weighted by atomic mass is 16.5. The predicted molar refractivity (Wildman–Crippen MR) is 64.0 cm³/mol. The summed E-state index contributed by atoms with van der Waals surface area (Å²) in [5.41, 5.74) is 7.74. The zero-order valence-electron chi connectivity index (χ0n) is 10.2. The summed E-state index contributed by atoms with van der Waals surface area (Å²) in [5, 5.41) is 3.91. The van der Waals surface area contributed by atoms with Crippen LogP contribution < -0.4 is 5.73 Å². The third kappa shape index (κ3) is 2.50. The maximum Gasteiger partial charge on any atom is 0.258 e. The lowest BCUT2D eigenvalue weighted by atomic mass is 10.1. The van der Waals surface area contributed by atoms with Crippen LogP contribution in [0, 0.1) is 12.8 Å². The van der Waals surface area contributed by atoms with Crippen molar-refractivity contribution in [1.82, 2.24) is 15.1 Å². The third-order valence-corrected chi connectivity index (χ3v) is 2.60. The second kappa shape index (κ2) is 4.63. The van der Waals surface area contributed by atoms with E-state index in [1.54, 1.807) is 6.20 Å². The molecular formula is C12H16N4O. The Morgan fingerprint density at radius 1 is 1.35 bits per heavy atom. The fourth-order valence-corrected chi connectivity index (χ4v) is 1.46. The molecular weight excluding hydrogens is 216 g/mol. The van der Waals surface area contributed by atoms with E-state index in [9.17, 15) is 0 Å². The van der Waals surface area contributed by atoms with E-state index >= 15 is 0 Å². The van der Waals surface area contributed by atoms with Crippen LogP contribution in [-0.2, 0) is 0 Å². The number of pyridine rings is 1. The van der Waals surface area contributed by atoms with Crippen LogP contribution >= 0.6 is 0 Å². The quantitative estimate of drug-likeness (QED) is 0.876. The summed E-state index contributed by atoms with van der Waals surface area (Å²) >= 11 is 0. The van der Waals surface area contributed by atoms with Crippen molar-refractivity contribution in [3.8, 4) is 11.5 Å². The second-order valence-electron chi connectivity index (χ2n) is 4.41. The van der Waals surface area contributed by atoms with Gasteiger partial charge in [0.1, 0.15) is 0 Å². The van der Waals surface area contributed by atoms with Gasteiger partial charge in [0, 0.05) is 17.5 Å². The molecule has 0 saturated carbocycles. The van der Waals surface area contributed by atoms with Crippen LogP contribution in [0.3, 0.4) is 0 Å². The average Bonchev–Trinajstić information content (AvgIpc) is 2.77. The minimum Gasteiger partial charge on any atom is -0.334 e. The van der Waals surface area contributed by atoms with Gasteiger partial charge in [-0.05, 0) is 25.0 Å².